The summed E-state index contributed by atoms with van der Waals surface area (Å²) >= 11 is 0. The SMILES string of the molecule is C=CC(=O)OCCOCCOCCNC. The summed E-state index contributed by atoms with van der Waals surface area (Å²) in [6, 6.07) is 0. The van der Waals surface area contributed by atoms with E-state index in [2.05, 4.69) is 11.9 Å². The first kappa shape index (κ1) is 14.1. The highest BCUT2D eigenvalue weighted by Crippen LogP contribution is 1.82. The van der Waals surface area contributed by atoms with Gasteiger partial charge in [-0.15, -0.1) is 0 Å². The van der Waals surface area contributed by atoms with Gasteiger partial charge >= 0.3 is 5.97 Å². The molecule has 5 nitrogen and oxygen atoms in total. The van der Waals surface area contributed by atoms with Crippen molar-refractivity contribution in [1.82, 2.24) is 5.32 Å². The quantitative estimate of drug-likeness (QED) is 0.316. The van der Waals surface area contributed by atoms with Crippen molar-refractivity contribution in [2.75, 3.05) is 46.6 Å². The van der Waals surface area contributed by atoms with Gasteiger partial charge in [0.1, 0.15) is 6.61 Å². The van der Waals surface area contributed by atoms with Gasteiger partial charge in [0.05, 0.1) is 26.4 Å². The molecule has 0 aromatic carbocycles. The number of nitrogens with one attached hydrogen (secondary N) is 1. The summed E-state index contributed by atoms with van der Waals surface area (Å²) < 4.78 is 15.1. The number of esters is 1. The van der Waals surface area contributed by atoms with Crippen LogP contribution in [0.4, 0.5) is 0 Å². The monoisotopic (exact) mass is 217 g/mol. The summed E-state index contributed by atoms with van der Waals surface area (Å²) in [5.41, 5.74) is 0. The van der Waals surface area contributed by atoms with E-state index in [0.29, 0.717) is 26.4 Å². The Bertz CT molecular complexity index is 173. The van der Waals surface area contributed by atoms with Gasteiger partial charge in [-0.2, -0.15) is 0 Å². The lowest BCUT2D eigenvalue weighted by atomic mass is 10.6. The van der Waals surface area contributed by atoms with Gasteiger partial charge in [0.25, 0.3) is 0 Å². The molecular weight excluding hydrogens is 198 g/mol. The standard InChI is InChI=1S/C10H19NO4/c1-3-10(12)15-9-8-14-7-6-13-5-4-11-2/h3,11H,1,4-9H2,2H3. The highest BCUT2D eigenvalue weighted by molar-refractivity contribution is 5.81. The molecular formula is C10H19NO4. The minimum Gasteiger partial charge on any atom is -0.460 e. The van der Waals surface area contributed by atoms with Gasteiger partial charge in [-0.3, -0.25) is 0 Å². The highest BCUT2D eigenvalue weighted by Gasteiger charge is 1.94. The number of likely N-dealkylation sites (N-methyl/N-ethyl adjacent to an activating group) is 1. The molecule has 0 spiro atoms. The summed E-state index contributed by atoms with van der Waals surface area (Å²) in [5, 5.41) is 2.97. The first-order chi connectivity index (χ1) is 7.31. The van der Waals surface area contributed by atoms with Crippen molar-refractivity contribution in [3.63, 3.8) is 0 Å². The minimum absolute atomic E-state index is 0.251. The Kier molecular flexibility index (Phi) is 10.5. The van der Waals surface area contributed by atoms with Crippen molar-refractivity contribution in [3.8, 4) is 0 Å². The molecule has 1 N–H and O–H groups in total. The van der Waals surface area contributed by atoms with E-state index in [9.17, 15) is 4.79 Å². The zero-order valence-electron chi connectivity index (χ0n) is 9.16. The lowest BCUT2D eigenvalue weighted by Gasteiger charge is -2.05. The van der Waals surface area contributed by atoms with Gasteiger partial charge < -0.3 is 19.5 Å². The molecule has 0 radical (unpaired) electrons. The molecule has 0 atom stereocenters. The second kappa shape index (κ2) is 11.2. The maximum absolute atomic E-state index is 10.6. The fourth-order valence-electron chi connectivity index (χ4n) is 0.756. The van der Waals surface area contributed by atoms with Crippen LogP contribution < -0.4 is 5.32 Å². The van der Waals surface area contributed by atoms with E-state index in [4.69, 9.17) is 14.2 Å². The van der Waals surface area contributed by atoms with Gasteiger partial charge in [0.15, 0.2) is 0 Å². The van der Waals surface area contributed by atoms with E-state index in [1.54, 1.807) is 0 Å². The van der Waals surface area contributed by atoms with Crippen LogP contribution in [0.2, 0.25) is 0 Å². The third-order valence-electron chi connectivity index (χ3n) is 1.51. The topological polar surface area (TPSA) is 56.8 Å². The van der Waals surface area contributed by atoms with Crippen LogP contribution in [-0.2, 0) is 19.0 Å². The molecule has 0 rings (SSSR count). The first-order valence-electron chi connectivity index (χ1n) is 4.90. The minimum atomic E-state index is -0.427. The van der Waals surface area contributed by atoms with Crippen molar-refractivity contribution in [1.29, 1.82) is 0 Å². The molecule has 88 valence electrons. The molecule has 0 saturated heterocycles. The molecule has 5 heteroatoms. The van der Waals surface area contributed by atoms with Crippen LogP contribution in [-0.4, -0.2) is 52.6 Å². The Morgan fingerprint density at radius 3 is 2.40 bits per heavy atom. The van der Waals surface area contributed by atoms with Crippen molar-refractivity contribution in [2.24, 2.45) is 0 Å². The third kappa shape index (κ3) is 11.0. The lowest BCUT2D eigenvalue weighted by molar-refractivity contribution is -0.139. The van der Waals surface area contributed by atoms with Crippen molar-refractivity contribution in [3.05, 3.63) is 12.7 Å². The predicted octanol–water partition coefficient (Wildman–Crippen LogP) is -0.0318. The van der Waals surface area contributed by atoms with E-state index in [0.717, 1.165) is 12.6 Å². The fourth-order valence-corrected chi connectivity index (χ4v) is 0.756. The average Bonchev–Trinajstić information content (AvgIpc) is 2.26. The Balaban J connectivity index is 2.98. The average molecular weight is 217 g/mol. The normalized spacial score (nSPS) is 9.93. The summed E-state index contributed by atoms with van der Waals surface area (Å²) in [6.07, 6.45) is 1.13. The Morgan fingerprint density at radius 1 is 1.20 bits per heavy atom. The molecule has 0 aliphatic heterocycles. The van der Waals surface area contributed by atoms with E-state index in [-0.39, 0.29) is 6.61 Å². The zero-order chi connectivity index (χ0) is 11.4. The van der Waals surface area contributed by atoms with Crippen LogP contribution in [0.3, 0.4) is 0 Å². The van der Waals surface area contributed by atoms with Crippen LogP contribution in [0.15, 0.2) is 12.7 Å². The van der Waals surface area contributed by atoms with Gasteiger partial charge in [0.2, 0.25) is 0 Å². The number of rotatable bonds is 10. The first-order valence-corrected chi connectivity index (χ1v) is 4.90. The van der Waals surface area contributed by atoms with Gasteiger partial charge in [-0.1, -0.05) is 6.58 Å². The van der Waals surface area contributed by atoms with E-state index >= 15 is 0 Å². The van der Waals surface area contributed by atoms with Crippen LogP contribution in [0.1, 0.15) is 0 Å². The summed E-state index contributed by atoms with van der Waals surface area (Å²) in [6.45, 7) is 6.48. The molecule has 0 bridgehead atoms. The molecule has 0 saturated carbocycles. The second-order valence-electron chi connectivity index (χ2n) is 2.70. The molecule has 0 aromatic rings. The van der Waals surface area contributed by atoms with E-state index in [1.165, 1.54) is 0 Å². The van der Waals surface area contributed by atoms with Crippen LogP contribution in [0.5, 0.6) is 0 Å². The Labute approximate surface area is 90.4 Å². The summed E-state index contributed by atoms with van der Waals surface area (Å²) in [4.78, 5) is 10.6. The van der Waals surface area contributed by atoms with Gasteiger partial charge in [0, 0.05) is 12.6 Å². The fraction of sp³-hybridized carbons (Fsp3) is 0.700. The maximum atomic E-state index is 10.6. The molecule has 0 amide bonds. The summed E-state index contributed by atoms with van der Waals surface area (Å²) in [7, 11) is 1.87. The zero-order valence-corrected chi connectivity index (χ0v) is 9.16. The van der Waals surface area contributed by atoms with Gasteiger partial charge in [-0.05, 0) is 7.05 Å². The van der Waals surface area contributed by atoms with Crippen LogP contribution in [0.25, 0.3) is 0 Å². The van der Waals surface area contributed by atoms with E-state index < -0.39 is 5.97 Å². The second-order valence-corrected chi connectivity index (χ2v) is 2.70. The Hall–Kier alpha value is -0.910. The predicted molar refractivity (Wildman–Crippen MR) is 56.7 cm³/mol. The van der Waals surface area contributed by atoms with Crippen molar-refractivity contribution in [2.45, 2.75) is 0 Å². The number of hydrogen-bond donors (Lipinski definition) is 1. The number of carbonyl (C=O) groups excluding carboxylic acids is 1. The van der Waals surface area contributed by atoms with Crippen LogP contribution in [0, 0.1) is 0 Å². The molecule has 15 heavy (non-hydrogen) atoms. The lowest BCUT2D eigenvalue weighted by Crippen LogP contribution is -2.17. The van der Waals surface area contributed by atoms with Crippen molar-refractivity contribution >= 4 is 5.97 Å². The summed E-state index contributed by atoms with van der Waals surface area (Å²) in [5.74, 6) is -0.427. The molecule has 0 aromatic heterocycles. The maximum Gasteiger partial charge on any atom is 0.330 e. The molecule has 0 aliphatic rings. The van der Waals surface area contributed by atoms with Crippen molar-refractivity contribution < 1.29 is 19.0 Å². The molecule has 0 heterocycles. The molecule has 0 unspecified atom stereocenters. The molecule has 0 aliphatic carbocycles. The number of ether oxygens (including phenoxy) is 3. The number of hydrogen-bond acceptors (Lipinski definition) is 5. The van der Waals surface area contributed by atoms with E-state index in [1.807, 2.05) is 7.05 Å². The largest absolute Gasteiger partial charge is 0.460 e. The third-order valence-corrected chi connectivity index (χ3v) is 1.51. The Morgan fingerprint density at radius 2 is 1.80 bits per heavy atom. The van der Waals surface area contributed by atoms with Crippen LogP contribution >= 0.6 is 0 Å². The highest BCUT2D eigenvalue weighted by atomic mass is 16.6. The van der Waals surface area contributed by atoms with Gasteiger partial charge in [-0.25, -0.2) is 4.79 Å². The number of carbonyl (C=O) groups is 1. The smallest absolute Gasteiger partial charge is 0.330 e. The molecule has 0 fully saturated rings.